The van der Waals surface area contributed by atoms with E-state index in [9.17, 15) is 4.79 Å². The lowest BCUT2D eigenvalue weighted by molar-refractivity contribution is -0.113. The van der Waals surface area contributed by atoms with E-state index in [0.717, 1.165) is 37.5 Å². The van der Waals surface area contributed by atoms with E-state index in [2.05, 4.69) is 5.32 Å². The van der Waals surface area contributed by atoms with Gasteiger partial charge in [-0.05, 0) is 37.1 Å². The van der Waals surface area contributed by atoms with Gasteiger partial charge in [-0.3, -0.25) is 4.79 Å². The van der Waals surface area contributed by atoms with Crippen molar-refractivity contribution in [3.05, 3.63) is 24.3 Å². The Morgan fingerprint density at radius 1 is 1.37 bits per heavy atom. The number of hydrogen-bond donors (Lipinski definition) is 1. The van der Waals surface area contributed by atoms with Gasteiger partial charge in [-0.25, -0.2) is 0 Å². The lowest BCUT2D eigenvalue weighted by Crippen LogP contribution is -2.21. The molecule has 1 aromatic carbocycles. The topological polar surface area (TPSA) is 47.6 Å². The zero-order chi connectivity index (χ0) is 13.5. The number of anilines is 1. The lowest BCUT2D eigenvalue weighted by Gasteiger charge is -2.21. The van der Waals surface area contributed by atoms with Gasteiger partial charge in [0.25, 0.3) is 0 Å². The summed E-state index contributed by atoms with van der Waals surface area (Å²) in [5.41, 5.74) is 0.804. The van der Waals surface area contributed by atoms with Gasteiger partial charge < -0.3 is 14.8 Å². The fourth-order valence-corrected chi connectivity index (χ4v) is 2.89. The van der Waals surface area contributed by atoms with Gasteiger partial charge >= 0.3 is 0 Å². The van der Waals surface area contributed by atoms with Crippen LogP contribution in [0.25, 0.3) is 0 Å². The van der Waals surface area contributed by atoms with Gasteiger partial charge in [-0.2, -0.15) is 0 Å². The molecule has 0 saturated carbocycles. The van der Waals surface area contributed by atoms with Gasteiger partial charge in [-0.1, -0.05) is 0 Å². The molecule has 0 aromatic heterocycles. The number of hydrogen-bond acceptors (Lipinski definition) is 4. The summed E-state index contributed by atoms with van der Waals surface area (Å²) in [6.45, 7) is 1.63. The maximum atomic E-state index is 11.8. The third kappa shape index (κ3) is 4.76. The molecule has 1 saturated heterocycles. The summed E-state index contributed by atoms with van der Waals surface area (Å²) in [5.74, 6) is 1.33. The minimum atomic E-state index is 0.0432. The number of methoxy groups -OCH3 is 1. The Balaban J connectivity index is 1.73. The fraction of sp³-hybridized carbons (Fsp3) is 0.500. The van der Waals surface area contributed by atoms with Crippen molar-refractivity contribution in [3.63, 3.8) is 0 Å². The van der Waals surface area contributed by atoms with Crippen LogP contribution in [0, 0.1) is 0 Å². The SMILES string of the molecule is COc1ccc(NC(=O)CSC2CCOCC2)cc1. The highest BCUT2D eigenvalue weighted by Gasteiger charge is 2.15. The molecule has 104 valence electrons. The van der Waals surface area contributed by atoms with Gasteiger partial charge in [0, 0.05) is 24.2 Å². The molecular formula is C14H19NO3S. The average Bonchev–Trinajstić information content (AvgIpc) is 2.47. The zero-order valence-corrected chi connectivity index (χ0v) is 11.9. The van der Waals surface area contributed by atoms with Crippen molar-refractivity contribution >= 4 is 23.4 Å². The number of thioether (sulfide) groups is 1. The number of rotatable bonds is 5. The molecule has 4 nitrogen and oxygen atoms in total. The minimum absolute atomic E-state index is 0.0432. The van der Waals surface area contributed by atoms with Crippen LogP contribution in [0.1, 0.15) is 12.8 Å². The van der Waals surface area contributed by atoms with Gasteiger partial charge in [0.05, 0.1) is 12.9 Å². The Hall–Kier alpha value is -1.20. The van der Waals surface area contributed by atoms with Crippen LogP contribution < -0.4 is 10.1 Å². The van der Waals surface area contributed by atoms with Gasteiger partial charge in [0.15, 0.2) is 0 Å². The number of carbonyl (C=O) groups excluding carboxylic acids is 1. The molecular weight excluding hydrogens is 262 g/mol. The van der Waals surface area contributed by atoms with E-state index in [1.165, 1.54) is 0 Å². The number of ether oxygens (including phenoxy) is 2. The Bertz CT molecular complexity index is 402. The Kier molecular flexibility index (Phi) is 5.54. The van der Waals surface area contributed by atoms with Crippen LogP contribution in [0.2, 0.25) is 0 Å². The second kappa shape index (κ2) is 7.40. The molecule has 2 rings (SSSR count). The molecule has 1 N–H and O–H groups in total. The van der Waals surface area contributed by atoms with Crippen LogP contribution in [0.4, 0.5) is 5.69 Å². The van der Waals surface area contributed by atoms with Crippen LogP contribution in [0.15, 0.2) is 24.3 Å². The molecule has 1 fully saturated rings. The third-order valence-electron chi connectivity index (χ3n) is 2.99. The molecule has 19 heavy (non-hydrogen) atoms. The monoisotopic (exact) mass is 281 g/mol. The summed E-state index contributed by atoms with van der Waals surface area (Å²) in [5, 5.41) is 3.44. The highest BCUT2D eigenvalue weighted by Crippen LogP contribution is 2.22. The standard InChI is InChI=1S/C14H19NO3S/c1-17-12-4-2-11(3-5-12)15-14(16)10-19-13-6-8-18-9-7-13/h2-5,13H,6-10H2,1H3,(H,15,16). The van der Waals surface area contributed by atoms with Crippen molar-refractivity contribution in [2.45, 2.75) is 18.1 Å². The summed E-state index contributed by atoms with van der Waals surface area (Å²) in [6, 6.07) is 7.36. The third-order valence-corrected chi connectivity index (χ3v) is 4.36. The second-order valence-corrected chi connectivity index (χ2v) is 5.69. The summed E-state index contributed by atoms with van der Waals surface area (Å²) in [6.07, 6.45) is 2.08. The van der Waals surface area contributed by atoms with Crippen molar-refractivity contribution in [1.82, 2.24) is 0 Å². The first kappa shape index (κ1) is 14.2. The van der Waals surface area contributed by atoms with E-state index in [-0.39, 0.29) is 5.91 Å². The molecule has 0 unspecified atom stereocenters. The zero-order valence-electron chi connectivity index (χ0n) is 11.1. The first-order valence-electron chi connectivity index (χ1n) is 6.41. The molecule has 1 amide bonds. The molecule has 0 bridgehead atoms. The molecule has 1 heterocycles. The quantitative estimate of drug-likeness (QED) is 0.901. The van der Waals surface area contributed by atoms with Crippen LogP contribution in [-0.4, -0.2) is 37.2 Å². The first-order valence-corrected chi connectivity index (χ1v) is 7.46. The molecule has 1 aliphatic rings. The van der Waals surface area contributed by atoms with E-state index in [0.29, 0.717) is 11.0 Å². The predicted octanol–water partition coefficient (Wildman–Crippen LogP) is 2.55. The van der Waals surface area contributed by atoms with Crippen LogP contribution in [0.3, 0.4) is 0 Å². The highest BCUT2D eigenvalue weighted by molar-refractivity contribution is 8.00. The maximum Gasteiger partial charge on any atom is 0.234 e. The number of nitrogens with one attached hydrogen (secondary N) is 1. The summed E-state index contributed by atoms with van der Waals surface area (Å²) < 4.78 is 10.4. The van der Waals surface area contributed by atoms with Crippen molar-refractivity contribution in [1.29, 1.82) is 0 Å². The lowest BCUT2D eigenvalue weighted by atomic mass is 10.2. The molecule has 0 aliphatic carbocycles. The number of benzene rings is 1. The normalized spacial score (nSPS) is 16.1. The molecule has 1 aromatic rings. The predicted molar refractivity (Wildman–Crippen MR) is 77.9 cm³/mol. The molecule has 0 radical (unpaired) electrons. The van der Waals surface area contributed by atoms with Crippen LogP contribution in [0.5, 0.6) is 5.75 Å². The maximum absolute atomic E-state index is 11.8. The van der Waals surface area contributed by atoms with Crippen LogP contribution >= 0.6 is 11.8 Å². The molecule has 0 spiro atoms. The van der Waals surface area contributed by atoms with Gasteiger partial charge in [-0.15, -0.1) is 11.8 Å². The Morgan fingerprint density at radius 3 is 2.68 bits per heavy atom. The van der Waals surface area contributed by atoms with E-state index in [1.807, 2.05) is 24.3 Å². The van der Waals surface area contributed by atoms with E-state index < -0.39 is 0 Å². The van der Waals surface area contributed by atoms with Crippen molar-refractivity contribution in [2.24, 2.45) is 0 Å². The van der Waals surface area contributed by atoms with E-state index >= 15 is 0 Å². The fourth-order valence-electron chi connectivity index (χ4n) is 1.91. The first-order chi connectivity index (χ1) is 9.28. The molecule has 5 heteroatoms. The Labute approximate surface area is 117 Å². The summed E-state index contributed by atoms with van der Waals surface area (Å²) in [4.78, 5) is 11.8. The van der Waals surface area contributed by atoms with Gasteiger partial charge in [0.1, 0.15) is 5.75 Å². The van der Waals surface area contributed by atoms with E-state index in [4.69, 9.17) is 9.47 Å². The van der Waals surface area contributed by atoms with Crippen LogP contribution in [-0.2, 0) is 9.53 Å². The van der Waals surface area contributed by atoms with E-state index in [1.54, 1.807) is 18.9 Å². The van der Waals surface area contributed by atoms with Gasteiger partial charge in [0.2, 0.25) is 5.91 Å². The van der Waals surface area contributed by atoms with Crippen molar-refractivity contribution in [3.8, 4) is 5.75 Å². The van der Waals surface area contributed by atoms with Crippen molar-refractivity contribution < 1.29 is 14.3 Å². The highest BCUT2D eigenvalue weighted by atomic mass is 32.2. The largest absolute Gasteiger partial charge is 0.497 e. The second-order valence-electron chi connectivity index (χ2n) is 4.40. The minimum Gasteiger partial charge on any atom is -0.497 e. The summed E-state index contributed by atoms with van der Waals surface area (Å²) in [7, 11) is 1.62. The van der Waals surface area contributed by atoms with Crippen molar-refractivity contribution in [2.75, 3.05) is 31.4 Å². The summed E-state index contributed by atoms with van der Waals surface area (Å²) >= 11 is 1.72. The molecule has 1 aliphatic heterocycles. The molecule has 0 atom stereocenters. The number of carbonyl (C=O) groups is 1. The Morgan fingerprint density at radius 2 is 2.05 bits per heavy atom. The smallest absolute Gasteiger partial charge is 0.234 e. The number of amides is 1. The average molecular weight is 281 g/mol.